The van der Waals surface area contributed by atoms with Gasteiger partial charge in [-0.1, -0.05) is 36.0 Å². The largest absolute Gasteiger partial charge is 0.496 e. The van der Waals surface area contributed by atoms with Crippen LogP contribution in [0.3, 0.4) is 0 Å². The molecule has 2 heterocycles. The van der Waals surface area contributed by atoms with Gasteiger partial charge in [-0.3, -0.25) is 9.59 Å². The number of methoxy groups -OCH3 is 1. The molecule has 8 nitrogen and oxygen atoms in total. The number of thioether (sulfide) groups is 1. The Labute approximate surface area is 189 Å². The van der Waals surface area contributed by atoms with Crippen molar-refractivity contribution < 1.29 is 19.1 Å². The number of aromatic nitrogens is 3. The molecule has 1 aromatic carbocycles. The lowest BCUT2D eigenvalue weighted by molar-refractivity contribution is -0.152. The van der Waals surface area contributed by atoms with Crippen molar-refractivity contribution in [3.8, 4) is 16.5 Å². The van der Waals surface area contributed by atoms with Crippen molar-refractivity contribution in [2.45, 2.75) is 38.2 Å². The number of carbonyl (C=O) groups excluding carboxylic acids is 2. The van der Waals surface area contributed by atoms with Gasteiger partial charge in [0.1, 0.15) is 5.75 Å². The number of esters is 1. The van der Waals surface area contributed by atoms with Crippen molar-refractivity contribution in [2.24, 2.45) is 0 Å². The van der Waals surface area contributed by atoms with E-state index in [9.17, 15) is 9.59 Å². The highest BCUT2D eigenvalue weighted by Crippen LogP contribution is 2.27. The number of hydrogen-bond acceptors (Lipinski definition) is 8. The number of ether oxygens (including phenoxy) is 2. The SMILES string of the molecule is CCn1c(SCC(=O)OC(C)C(=O)NCc2ccccc2OC)nnc1-c1cccs1. The van der Waals surface area contributed by atoms with Crippen LogP contribution >= 0.6 is 23.1 Å². The molecular formula is C21H24N4O4S2. The van der Waals surface area contributed by atoms with Gasteiger partial charge < -0.3 is 19.4 Å². The molecule has 31 heavy (non-hydrogen) atoms. The van der Waals surface area contributed by atoms with E-state index in [0.717, 1.165) is 16.3 Å². The van der Waals surface area contributed by atoms with Crippen LogP contribution in [0, 0.1) is 0 Å². The van der Waals surface area contributed by atoms with Crippen molar-refractivity contribution in [1.82, 2.24) is 20.1 Å². The predicted octanol–water partition coefficient (Wildman–Crippen LogP) is 3.38. The van der Waals surface area contributed by atoms with Crippen LogP contribution in [0.2, 0.25) is 0 Å². The fraction of sp³-hybridized carbons (Fsp3) is 0.333. The lowest BCUT2D eigenvalue weighted by Gasteiger charge is -2.14. The summed E-state index contributed by atoms with van der Waals surface area (Å²) < 4.78 is 12.5. The fourth-order valence-corrected chi connectivity index (χ4v) is 4.35. The molecule has 1 N–H and O–H groups in total. The van der Waals surface area contributed by atoms with Gasteiger partial charge in [-0.15, -0.1) is 21.5 Å². The first-order chi connectivity index (χ1) is 15.0. The summed E-state index contributed by atoms with van der Waals surface area (Å²) in [6.07, 6.45) is -0.909. The Kier molecular flexibility index (Phi) is 8.07. The lowest BCUT2D eigenvalue weighted by Crippen LogP contribution is -2.35. The Balaban J connectivity index is 1.50. The van der Waals surface area contributed by atoms with E-state index in [-0.39, 0.29) is 18.2 Å². The molecule has 0 aliphatic rings. The van der Waals surface area contributed by atoms with E-state index < -0.39 is 12.1 Å². The van der Waals surface area contributed by atoms with Crippen molar-refractivity contribution in [2.75, 3.05) is 12.9 Å². The lowest BCUT2D eigenvalue weighted by atomic mass is 10.2. The molecule has 1 unspecified atom stereocenters. The van der Waals surface area contributed by atoms with Crippen LogP contribution in [0.1, 0.15) is 19.4 Å². The molecule has 0 fully saturated rings. The maximum absolute atomic E-state index is 12.3. The summed E-state index contributed by atoms with van der Waals surface area (Å²) in [4.78, 5) is 25.6. The number of amides is 1. The van der Waals surface area contributed by atoms with Crippen LogP contribution in [-0.2, 0) is 27.4 Å². The van der Waals surface area contributed by atoms with E-state index >= 15 is 0 Å². The Morgan fingerprint density at radius 1 is 1.23 bits per heavy atom. The van der Waals surface area contributed by atoms with Crippen molar-refractivity contribution in [3.63, 3.8) is 0 Å². The highest BCUT2D eigenvalue weighted by molar-refractivity contribution is 7.99. The van der Waals surface area contributed by atoms with Gasteiger partial charge in [0, 0.05) is 18.7 Å². The highest BCUT2D eigenvalue weighted by Gasteiger charge is 2.20. The Morgan fingerprint density at radius 2 is 2.03 bits per heavy atom. The van der Waals surface area contributed by atoms with E-state index in [1.54, 1.807) is 25.4 Å². The zero-order valence-corrected chi connectivity index (χ0v) is 19.2. The fourth-order valence-electron chi connectivity index (χ4n) is 2.85. The summed E-state index contributed by atoms with van der Waals surface area (Å²) in [5.74, 6) is 0.629. The van der Waals surface area contributed by atoms with Gasteiger partial charge in [0.15, 0.2) is 17.1 Å². The summed E-state index contributed by atoms with van der Waals surface area (Å²) >= 11 is 2.82. The summed E-state index contributed by atoms with van der Waals surface area (Å²) in [6, 6.07) is 11.3. The molecule has 0 saturated carbocycles. The van der Waals surface area contributed by atoms with Gasteiger partial charge in [0.05, 0.1) is 17.7 Å². The summed E-state index contributed by atoms with van der Waals surface area (Å²) in [5, 5.41) is 13.8. The molecule has 164 valence electrons. The van der Waals surface area contributed by atoms with Gasteiger partial charge >= 0.3 is 5.97 Å². The van der Waals surface area contributed by atoms with Crippen LogP contribution in [0.4, 0.5) is 0 Å². The summed E-state index contributed by atoms with van der Waals surface area (Å²) in [5.41, 5.74) is 0.841. The van der Waals surface area contributed by atoms with Crippen LogP contribution < -0.4 is 10.1 Å². The predicted molar refractivity (Wildman–Crippen MR) is 120 cm³/mol. The topological polar surface area (TPSA) is 95.3 Å². The number of carbonyl (C=O) groups is 2. The molecule has 0 saturated heterocycles. The average Bonchev–Trinajstić information content (AvgIpc) is 3.45. The van der Waals surface area contributed by atoms with Gasteiger partial charge in [-0.2, -0.15) is 0 Å². The van der Waals surface area contributed by atoms with Crippen LogP contribution in [0.25, 0.3) is 10.7 Å². The second-order valence-corrected chi connectivity index (χ2v) is 8.37. The maximum atomic E-state index is 12.3. The molecular weight excluding hydrogens is 436 g/mol. The molecule has 0 radical (unpaired) electrons. The van der Waals surface area contributed by atoms with Gasteiger partial charge in [-0.05, 0) is 31.4 Å². The molecule has 0 bridgehead atoms. The van der Waals surface area contributed by atoms with E-state index in [1.165, 1.54) is 11.8 Å². The first-order valence-corrected chi connectivity index (χ1v) is 11.6. The van der Waals surface area contributed by atoms with E-state index in [2.05, 4.69) is 15.5 Å². The Hall–Kier alpha value is -2.85. The molecule has 10 heteroatoms. The third kappa shape index (κ3) is 5.86. The minimum Gasteiger partial charge on any atom is -0.496 e. The van der Waals surface area contributed by atoms with Crippen LogP contribution in [0.15, 0.2) is 46.9 Å². The third-order valence-electron chi connectivity index (χ3n) is 4.42. The number of benzene rings is 1. The van der Waals surface area contributed by atoms with E-state index in [4.69, 9.17) is 9.47 Å². The second-order valence-electron chi connectivity index (χ2n) is 6.48. The maximum Gasteiger partial charge on any atom is 0.317 e. The number of hydrogen-bond donors (Lipinski definition) is 1. The molecule has 0 aliphatic heterocycles. The standard InChI is InChI=1S/C21H24N4O4S2/c1-4-25-19(17-10-7-11-30-17)23-24-21(25)31-13-18(26)29-14(2)20(27)22-12-15-8-5-6-9-16(15)28-3/h5-11,14H,4,12-13H2,1-3H3,(H,22,27). The number of nitrogens with one attached hydrogen (secondary N) is 1. The van der Waals surface area contributed by atoms with Gasteiger partial charge in [-0.25, -0.2) is 0 Å². The molecule has 0 spiro atoms. The minimum absolute atomic E-state index is 0.0344. The minimum atomic E-state index is -0.909. The number of para-hydroxylation sites is 1. The van der Waals surface area contributed by atoms with Crippen LogP contribution in [-0.4, -0.2) is 45.6 Å². The van der Waals surface area contributed by atoms with Gasteiger partial charge in [0.25, 0.3) is 5.91 Å². The number of thiophene rings is 1. The molecule has 1 amide bonds. The number of nitrogens with zero attached hydrogens (tertiary/aromatic N) is 3. The van der Waals surface area contributed by atoms with E-state index in [1.807, 2.05) is 53.3 Å². The van der Waals surface area contributed by atoms with Crippen molar-refractivity contribution in [1.29, 1.82) is 0 Å². The van der Waals surface area contributed by atoms with Crippen LogP contribution in [0.5, 0.6) is 5.75 Å². The highest BCUT2D eigenvalue weighted by atomic mass is 32.2. The zero-order chi connectivity index (χ0) is 22.2. The second kappa shape index (κ2) is 11.0. The van der Waals surface area contributed by atoms with Crippen molar-refractivity contribution in [3.05, 3.63) is 47.3 Å². The average molecular weight is 461 g/mol. The van der Waals surface area contributed by atoms with E-state index in [0.29, 0.717) is 17.5 Å². The molecule has 3 rings (SSSR count). The third-order valence-corrected chi connectivity index (χ3v) is 6.22. The summed E-state index contributed by atoms with van der Waals surface area (Å²) in [7, 11) is 1.57. The zero-order valence-electron chi connectivity index (χ0n) is 17.5. The molecule has 1 atom stereocenters. The molecule has 3 aromatic rings. The quantitative estimate of drug-likeness (QED) is 0.366. The van der Waals surface area contributed by atoms with Gasteiger partial charge in [0.2, 0.25) is 0 Å². The number of rotatable bonds is 10. The Morgan fingerprint density at radius 3 is 2.74 bits per heavy atom. The monoisotopic (exact) mass is 460 g/mol. The molecule has 2 aromatic heterocycles. The normalized spacial score (nSPS) is 11.7. The summed E-state index contributed by atoms with van der Waals surface area (Å²) in [6.45, 7) is 4.50. The molecule has 0 aliphatic carbocycles. The van der Waals surface area contributed by atoms with Crippen molar-refractivity contribution >= 4 is 35.0 Å². The smallest absolute Gasteiger partial charge is 0.317 e. The Bertz CT molecular complexity index is 1020. The first-order valence-electron chi connectivity index (χ1n) is 9.72. The first kappa shape index (κ1) is 22.8.